The SMILES string of the molecule is CCN(CC(=O)OC)C(=O)c1cccc(Br)n1. The highest BCUT2D eigenvalue weighted by Gasteiger charge is 2.18. The Morgan fingerprint density at radius 2 is 2.18 bits per heavy atom. The maximum Gasteiger partial charge on any atom is 0.325 e. The van der Waals surface area contributed by atoms with Crippen LogP contribution >= 0.6 is 15.9 Å². The minimum atomic E-state index is -0.449. The predicted molar refractivity (Wildman–Crippen MR) is 65.5 cm³/mol. The van der Waals surface area contributed by atoms with Gasteiger partial charge in [-0.25, -0.2) is 4.98 Å². The summed E-state index contributed by atoms with van der Waals surface area (Å²) in [5.41, 5.74) is 0.296. The monoisotopic (exact) mass is 300 g/mol. The lowest BCUT2D eigenvalue weighted by Crippen LogP contribution is -2.36. The van der Waals surface area contributed by atoms with Gasteiger partial charge in [0.15, 0.2) is 0 Å². The summed E-state index contributed by atoms with van der Waals surface area (Å²) in [5.74, 6) is -0.741. The highest BCUT2D eigenvalue weighted by Crippen LogP contribution is 2.08. The number of pyridine rings is 1. The van der Waals surface area contributed by atoms with E-state index >= 15 is 0 Å². The summed E-state index contributed by atoms with van der Waals surface area (Å²) in [5, 5.41) is 0. The second-order valence-electron chi connectivity index (χ2n) is 3.24. The van der Waals surface area contributed by atoms with Crippen molar-refractivity contribution in [1.29, 1.82) is 0 Å². The molecule has 17 heavy (non-hydrogen) atoms. The Balaban J connectivity index is 2.82. The maximum atomic E-state index is 12.0. The summed E-state index contributed by atoms with van der Waals surface area (Å²) in [7, 11) is 1.29. The van der Waals surface area contributed by atoms with Gasteiger partial charge in [-0.15, -0.1) is 0 Å². The average Bonchev–Trinajstić information content (AvgIpc) is 2.34. The van der Waals surface area contributed by atoms with E-state index in [1.54, 1.807) is 25.1 Å². The Morgan fingerprint density at radius 3 is 2.71 bits per heavy atom. The van der Waals surface area contributed by atoms with Gasteiger partial charge >= 0.3 is 5.97 Å². The summed E-state index contributed by atoms with van der Waals surface area (Å²) in [6.45, 7) is 2.14. The van der Waals surface area contributed by atoms with Crippen LogP contribution in [-0.2, 0) is 9.53 Å². The molecular weight excluding hydrogens is 288 g/mol. The molecule has 6 heteroatoms. The van der Waals surface area contributed by atoms with Crippen molar-refractivity contribution in [3.8, 4) is 0 Å². The van der Waals surface area contributed by atoms with E-state index in [0.717, 1.165) is 0 Å². The highest BCUT2D eigenvalue weighted by atomic mass is 79.9. The van der Waals surface area contributed by atoms with E-state index in [9.17, 15) is 9.59 Å². The Morgan fingerprint density at radius 1 is 1.47 bits per heavy atom. The van der Waals surface area contributed by atoms with Crippen molar-refractivity contribution < 1.29 is 14.3 Å². The fourth-order valence-electron chi connectivity index (χ4n) is 1.24. The Kier molecular flexibility index (Phi) is 5.09. The summed E-state index contributed by atoms with van der Waals surface area (Å²) < 4.78 is 5.11. The number of ether oxygens (including phenoxy) is 1. The van der Waals surface area contributed by atoms with E-state index in [4.69, 9.17) is 0 Å². The van der Waals surface area contributed by atoms with Crippen LogP contribution in [0.5, 0.6) is 0 Å². The molecule has 0 aromatic carbocycles. The van der Waals surface area contributed by atoms with Gasteiger partial charge < -0.3 is 9.64 Å². The predicted octanol–water partition coefficient (Wildman–Crippen LogP) is 1.48. The van der Waals surface area contributed by atoms with Crippen LogP contribution in [0.3, 0.4) is 0 Å². The molecule has 0 aliphatic heterocycles. The van der Waals surface area contributed by atoms with Crippen LogP contribution in [0.2, 0.25) is 0 Å². The number of carbonyl (C=O) groups is 2. The van der Waals surface area contributed by atoms with E-state index in [1.807, 2.05) is 0 Å². The molecule has 1 rings (SSSR count). The molecule has 0 bridgehead atoms. The van der Waals surface area contributed by atoms with Gasteiger partial charge in [0.2, 0.25) is 0 Å². The Bertz CT molecular complexity index is 423. The van der Waals surface area contributed by atoms with Gasteiger partial charge in [0.25, 0.3) is 5.91 Å². The zero-order chi connectivity index (χ0) is 12.8. The molecule has 0 aliphatic carbocycles. The van der Waals surface area contributed by atoms with Gasteiger partial charge in [-0.2, -0.15) is 0 Å². The molecule has 0 N–H and O–H groups in total. The molecule has 0 spiro atoms. The molecule has 0 aliphatic rings. The number of aromatic nitrogens is 1. The van der Waals surface area contributed by atoms with E-state index in [1.165, 1.54) is 12.0 Å². The van der Waals surface area contributed by atoms with Crippen molar-refractivity contribution in [1.82, 2.24) is 9.88 Å². The summed E-state index contributed by atoms with van der Waals surface area (Å²) >= 11 is 3.19. The third kappa shape index (κ3) is 3.81. The fraction of sp³-hybridized carbons (Fsp3) is 0.364. The molecular formula is C11H13BrN2O3. The molecule has 92 valence electrons. The van der Waals surface area contributed by atoms with E-state index in [0.29, 0.717) is 16.8 Å². The summed E-state index contributed by atoms with van der Waals surface area (Å²) in [4.78, 5) is 28.6. The number of amides is 1. The molecule has 0 radical (unpaired) electrons. The summed E-state index contributed by atoms with van der Waals surface area (Å²) in [6, 6.07) is 5.05. The standard InChI is InChI=1S/C11H13BrN2O3/c1-3-14(7-10(15)17-2)11(16)8-5-4-6-9(12)13-8/h4-6H,3,7H2,1-2H3. The number of methoxy groups -OCH3 is 1. The molecule has 5 nitrogen and oxygen atoms in total. The third-order valence-electron chi connectivity index (χ3n) is 2.15. The molecule has 1 aromatic rings. The molecule has 0 fully saturated rings. The van der Waals surface area contributed by atoms with E-state index in [-0.39, 0.29) is 12.5 Å². The fourth-order valence-corrected chi connectivity index (χ4v) is 1.58. The highest BCUT2D eigenvalue weighted by molar-refractivity contribution is 9.10. The normalized spacial score (nSPS) is 9.82. The quantitative estimate of drug-likeness (QED) is 0.624. The number of hydrogen-bond donors (Lipinski definition) is 0. The van der Waals surface area contributed by atoms with Crippen molar-refractivity contribution in [2.75, 3.05) is 20.2 Å². The first-order valence-corrected chi connectivity index (χ1v) is 5.86. The van der Waals surface area contributed by atoms with Crippen LogP contribution < -0.4 is 0 Å². The van der Waals surface area contributed by atoms with Crippen molar-refractivity contribution in [3.05, 3.63) is 28.5 Å². The first-order chi connectivity index (χ1) is 8.08. The largest absolute Gasteiger partial charge is 0.468 e. The van der Waals surface area contributed by atoms with Crippen LogP contribution in [-0.4, -0.2) is 42.0 Å². The van der Waals surface area contributed by atoms with Crippen molar-refractivity contribution in [3.63, 3.8) is 0 Å². The van der Waals surface area contributed by atoms with Gasteiger partial charge in [0.05, 0.1) is 7.11 Å². The van der Waals surface area contributed by atoms with Crippen molar-refractivity contribution in [2.24, 2.45) is 0 Å². The third-order valence-corrected chi connectivity index (χ3v) is 2.59. The number of hydrogen-bond acceptors (Lipinski definition) is 4. The average molecular weight is 301 g/mol. The molecule has 1 heterocycles. The van der Waals surface area contributed by atoms with Gasteiger partial charge in [0.1, 0.15) is 16.8 Å². The number of esters is 1. The number of rotatable bonds is 4. The van der Waals surface area contributed by atoms with Gasteiger partial charge in [-0.05, 0) is 35.0 Å². The van der Waals surface area contributed by atoms with Crippen LogP contribution in [0.25, 0.3) is 0 Å². The molecule has 1 amide bonds. The first-order valence-electron chi connectivity index (χ1n) is 5.07. The van der Waals surface area contributed by atoms with E-state index in [2.05, 4.69) is 25.7 Å². The smallest absolute Gasteiger partial charge is 0.325 e. The van der Waals surface area contributed by atoms with Crippen LogP contribution in [0.15, 0.2) is 22.8 Å². The number of likely N-dealkylation sites (N-methyl/N-ethyl adjacent to an activating group) is 1. The summed E-state index contributed by atoms with van der Waals surface area (Å²) in [6.07, 6.45) is 0. The lowest BCUT2D eigenvalue weighted by molar-refractivity contribution is -0.141. The van der Waals surface area contributed by atoms with Crippen molar-refractivity contribution in [2.45, 2.75) is 6.92 Å². The first kappa shape index (κ1) is 13.6. The Hall–Kier alpha value is -1.43. The number of nitrogens with zero attached hydrogens (tertiary/aromatic N) is 2. The van der Waals surface area contributed by atoms with Gasteiger partial charge in [0, 0.05) is 6.54 Å². The van der Waals surface area contributed by atoms with Crippen molar-refractivity contribution >= 4 is 27.8 Å². The topological polar surface area (TPSA) is 59.5 Å². The molecule has 0 unspecified atom stereocenters. The number of halogens is 1. The zero-order valence-electron chi connectivity index (χ0n) is 9.64. The second-order valence-corrected chi connectivity index (χ2v) is 4.05. The Labute approximate surface area is 108 Å². The minimum absolute atomic E-state index is 0.0694. The molecule has 0 atom stereocenters. The minimum Gasteiger partial charge on any atom is -0.468 e. The van der Waals surface area contributed by atoms with E-state index < -0.39 is 5.97 Å². The van der Waals surface area contributed by atoms with Crippen LogP contribution in [0, 0.1) is 0 Å². The van der Waals surface area contributed by atoms with Gasteiger partial charge in [-0.3, -0.25) is 9.59 Å². The zero-order valence-corrected chi connectivity index (χ0v) is 11.2. The molecule has 1 aromatic heterocycles. The molecule has 0 saturated carbocycles. The van der Waals surface area contributed by atoms with Crippen LogP contribution in [0.1, 0.15) is 17.4 Å². The second kappa shape index (κ2) is 6.34. The lowest BCUT2D eigenvalue weighted by atomic mass is 10.3. The van der Waals surface area contributed by atoms with Gasteiger partial charge in [-0.1, -0.05) is 6.07 Å². The lowest BCUT2D eigenvalue weighted by Gasteiger charge is -2.18. The van der Waals surface area contributed by atoms with Crippen LogP contribution in [0.4, 0.5) is 0 Å². The molecule has 0 saturated heterocycles. The maximum absolute atomic E-state index is 12.0. The number of carbonyl (C=O) groups excluding carboxylic acids is 2.